The summed E-state index contributed by atoms with van der Waals surface area (Å²) in [4.78, 5) is 0. The van der Waals surface area contributed by atoms with Gasteiger partial charge < -0.3 is 14.2 Å². The average molecular weight is 249 g/mol. The van der Waals surface area contributed by atoms with Crippen molar-refractivity contribution in [2.45, 2.75) is 13.0 Å². The third kappa shape index (κ3) is 6.36. The predicted octanol–water partition coefficient (Wildman–Crippen LogP) is 2.13. The molecule has 0 radical (unpaired) electrons. The van der Waals surface area contributed by atoms with Crippen molar-refractivity contribution in [3.63, 3.8) is 0 Å². The smallest absolute Gasteiger partial charge is 0.0991 e. The first kappa shape index (κ1) is 14.7. The molecule has 4 heteroatoms. The largest absolute Gasteiger partial charge is 0.385 e. The molecule has 1 aromatic rings. The van der Waals surface area contributed by atoms with E-state index in [0.29, 0.717) is 32.0 Å². The molecule has 18 heavy (non-hydrogen) atoms. The topological polar surface area (TPSA) is 51.5 Å². The van der Waals surface area contributed by atoms with Gasteiger partial charge in [0.2, 0.25) is 0 Å². The van der Waals surface area contributed by atoms with Crippen LogP contribution in [0.2, 0.25) is 0 Å². The van der Waals surface area contributed by atoms with E-state index in [0.717, 1.165) is 18.6 Å². The van der Waals surface area contributed by atoms with E-state index < -0.39 is 0 Å². The molecular weight excluding hydrogens is 230 g/mol. The van der Waals surface area contributed by atoms with Crippen LogP contribution in [-0.4, -0.2) is 33.5 Å². The van der Waals surface area contributed by atoms with Gasteiger partial charge in [0.1, 0.15) is 0 Å². The summed E-state index contributed by atoms with van der Waals surface area (Å²) in [6.45, 7) is 3.15. The summed E-state index contributed by atoms with van der Waals surface area (Å²) in [5.41, 5.74) is 1.73. The first-order valence-electron chi connectivity index (χ1n) is 6.00. The highest BCUT2D eigenvalue weighted by Crippen LogP contribution is 2.04. The highest BCUT2D eigenvalue weighted by Gasteiger charge is 1.95. The highest BCUT2D eigenvalue weighted by atomic mass is 16.5. The van der Waals surface area contributed by atoms with Crippen molar-refractivity contribution in [2.75, 3.05) is 33.5 Å². The molecule has 0 atom stereocenters. The van der Waals surface area contributed by atoms with Gasteiger partial charge in [0.25, 0.3) is 0 Å². The van der Waals surface area contributed by atoms with Crippen LogP contribution in [-0.2, 0) is 20.8 Å². The monoisotopic (exact) mass is 249 g/mol. The SMILES string of the molecule is COCCCOCCOCc1ccc(C#N)cc1. The Hall–Kier alpha value is -1.41. The van der Waals surface area contributed by atoms with Crippen LogP contribution in [0, 0.1) is 11.3 Å². The van der Waals surface area contributed by atoms with E-state index in [4.69, 9.17) is 19.5 Å². The first-order valence-corrected chi connectivity index (χ1v) is 6.00. The van der Waals surface area contributed by atoms with Crippen LogP contribution < -0.4 is 0 Å². The third-order valence-electron chi connectivity index (χ3n) is 2.36. The zero-order valence-electron chi connectivity index (χ0n) is 10.7. The van der Waals surface area contributed by atoms with Crippen molar-refractivity contribution in [2.24, 2.45) is 0 Å². The average Bonchev–Trinajstić information content (AvgIpc) is 2.42. The molecule has 0 aliphatic heterocycles. The summed E-state index contributed by atoms with van der Waals surface area (Å²) in [7, 11) is 1.68. The molecule has 1 aromatic carbocycles. The fourth-order valence-corrected chi connectivity index (χ4v) is 1.39. The van der Waals surface area contributed by atoms with Crippen LogP contribution >= 0.6 is 0 Å². The Bertz CT molecular complexity index is 356. The van der Waals surface area contributed by atoms with Gasteiger partial charge in [-0.15, -0.1) is 0 Å². The maximum atomic E-state index is 8.66. The second-order valence-corrected chi connectivity index (χ2v) is 3.82. The van der Waals surface area contributed by atoms with Crippen LogP contribution in [0.1, 0.15) is 17.5 Å². The van der Waals surface area contributed by atoms with Gasteiger partial charge in [0.15, 0.2) is 0 Å². The lowest BCUT2D eigenvalue weighted by Gasteiger charge is -2.05. The first-order chi connectivity index (χ1) is 8.86. The quantitative estimate of drug-likeness (QED) is 0.629. The van der Waals surface area contributed by atoms with Crippen molar-refractivity contribution >= 4 is 0 Å². The number of methoxy groups -OCH3 is 1. The van der Waals surface area contributed by atoms with E-state index in [1.807, 2.05) is 12.1 Å². The molecule has 0 bridgehead atoms. The summed E-state index contributed by atoms with van der Waals surface area (Å²) in [6, 6.07) is 9.47. The molecule has 0 saturated heterocycles. The van der Waals surface area contributed by atoms with Crippen LogP contribution in [0.5, 0.6) is 0 Å². The van der Waals surface area contributed by atoms with Crippen LogP contribution in [0.4, 0.5) is 0 Å². The minimum absolute atomic E-state index is 0.549. The lowest BCUT2D eigenvalue weighted by atomic mass is 10.2. The maximum absolute atomic E-state index is 8.66. The Balaban J connectivity index is 2.02. The van der Waals surface area contributed by atoms with Crippen LogP contribution in [0.3, 0.4) is 0 Å². The van der Waals surface area contributed by atoms with Gasteiger partial charge in [-0.05, 0) is 24.1 Å². The highest BCUT2D eigenvalue weighted by molar-refractivity contribution is 5.31. The predicted molar refractivity (Wildman–Crippen MR) is 68.1 cm³/mol. The molecule has 0 aliphatic carbocycles. The van der Waals surface area contributed by atoms with E-state index in [-0.39, 0.29) is 0 Å². The summed E-state index contributed by atoms with van der Waals surface area (Å²) in [6.07, 6.45) is 0.909. The number of rotatable bonds is 9. The Morgan fingerprint density at radius 1 is 1.00 bits per heavy atom. The number of benzene rings is 1. The van der Waals surface area contributed by atoms with Crippen molar-refractivity contribution in [3.05, 3.63) is 35.4 Å². The zero-order valence-corrected chi connectivity index (χ0v) is 10.7. The van der Waals surface area contributed by atoms with E-state index >= 15 is 0 Å². The minimum Gasteiger partial charge on any atom is -0.385 e. The molecule has 98 valence electrons. The van der Waals surface area contributed by atoms with E-state index in [1.54, 1.807) is 19.2 Å². The summed E-state index contributed by atoms with van der Waals surface area (Å²) >= 11 is 0. The number of hydrogen-bond acceptors (Lipinski definition) is 4. The summed E-state index contributed by atoms with van der Waals surface area (Å²) in [5.74, 6) is 0. The Morgan fingerprint density at radius 3 is 2.39 bits per heavy atom. The summed E-state index contributed by atoms with van der Waals surface area (Å²) in [5, 5.41) is 8.66. The van der Waals surface area contributed by atoms with Crippen LogP contribution in [0.25, 0.3) is 0 Å². The van der Waals surface area contributed by atoms with Gasteiger partial charge in [0.05, 0.1) is 31.5 Å². The zero-order chi connectivity index (χ0) is 13.1. The molecule has 0 aliphatic rings. The van der Waals surface area contributed by atoms with Crippen molar-refractivity contribution in [3.8, 4) is 6.07 Å². The second-order valence-electron chi connectivity index (χ2n) is 3.82. The van der Waals surface area contributed by atoms with Crippen molar-refractivity contribution in [1.29, 1.82) is 5.26 Å². The molecule has 0 saturated carbocycles. The van der Waals surface area contributed by atoms with Gasteiger partial charge in [-0.25, -0.2) is 0 Å². The lowest BCUT2D eigenvalue weighted by molar-refractivity contribution is 0.0337. The molecule has 0 heterocycles. The number of ether oxygens (including phenoxy) is 3. The standard InChI is InChI=1S/C14H19NO3/c1-16-7-2-8-17-9-10-18-12-14-5-3-13(11-15)4-6-14/h3-6H,2,7-10,12H2,1H3. The minimum atomic E-state index is 0.549. The normalized spacial score (nSPS) is 10.2. The fourth-order valence-electron chi connectivity index (χ4n) is 1.39. The van der Waals surface area contributed by atoms with E-state index in [9.17, 15) is 0 Å². The van der Waals surface area contributed by atoms with Crippen LogP contribution in [0.15, 0.2) is 24.3 Å². The van der Waals surface area contributed by atoms with Gasteiger partial charge in [-0.3, -0.25) is 0 Å². The Labute approximate surface area is 108 Å². The molecular formula is C14H19NO3. The van der Waals surface area contributed by atoms with Crippen molar-refractivity contribution < 1.29 is 14.2 Å². The van der Waals surface area contributed by atoms with E-state index in [2.05, 4.69) is 6.07 Å². The number of nitrogens with zero attached hydrogens (tertiary/aromatic N) is 1. The second kappa shape index (κ2) is 9.60. The molecule has 0 spiro atoms. The Kier molecular flexibility index (Phi) is 7.82. The maximum Gasteiger partial charge on any atom is 0.0991 e. The van der Waals surface area contributed by atoms with Gasteiger partial charge >= 0.3 is 0 Å². The molecule has 0 N–H and O–H groups in total. The molecule has 1 rings (SSSR count). The molecule has 0 fully saturated rings. The molecule has 0 amide bonds. The van der Waals surface area contributed by atoms with E-state index in [1.165, 1.54) is 0 Å². The number of hydrogen-bond donors (Lipinski definition) is 0. The fraction of sp³-hybridized carbons (Fsp3) is 0.500. The molecule has 0 unspecified atom stereocenters. The number of nitriles is 1. The lowest BCUT2D eigenvalue weighted by Crippen LogP contribution is -2.06. The summed E-state index contributed by atoms with van der Waals surface area (Å²) < 4.78 is 15.7. The third-order valence-corrected chi connectivity index (χ3v) is 2.36. The van der Waals surface area contributed by atoms with Gasteiger partial charge in [-0.2, -0.15) is 5.26 Å². The Morgan fingerprint density at radius 2 is 1.72 bits per heavy atom. The van der Waals surface area contributed by atoms with Gasteiger partial charge in [-0.1, -0.05) is 12.1 Å². The molecule has 4 nitrogen and oxygen atoms in total. The van der Waals surface area contributed by atoms with Gasteiger partial charge in [0, 0.05) is 20.3 Å². The van der Waals surface area contributed by atoms with Crippen molar-refractivity contribution in [1.82, 2.24) is 0 Å². The molecule has 0 aromatic heterocycles.